The number of anilines is 3. The molecule has 1 aliphatic heterocycles. The van der Waals surface area contributed by atoms with Crippen molar-refractivity contribution in [1.82, 2.24) is 15.0 Å². The van der Waals surface area contributed by atoms with Gasteiger partial charge in [0.2, 0.25) is 5.95 Å². The molecule has 1 saturated heterocycles. The third-order valence-electron chi connectivity index (χ3n) is 4.26. The van der Waals surface area contributed by atoms with E-state index in [0.717, 1.165) is 43.2 Å². The van der Waals surface area contributed by atoms with Crippen molar-refractivity contribution in [3.8, 4) is 0 Å². The van der Waals surface area contributed by atoms with Gasteiger partial charge in [-0.05, 0) is 31.9 Å². The smallest absolute Gasteiger partial charge is 0.373 e. The van der Waals surface area contributed by atoms with Crippen LogP contribution in [-0.4, -0.2) is 41.1 Å². The summed E-state index contributed by atoms with van der Waals surface area (Å²) in [5, 5.41) is 6.31. The maximum Gasteiger partial charge on any atom is 0.417 e. The van der Waals surface area contributed by atoms with Crippen LogP contribution in [0.3, 0.4) is 0 Å². The van der Waals surface area contributed by atoms with Crippen molar-refractivity contribution in [2.75, 3.05) is 35.7 Å². The van der Waals surface area contributed by atoms with Crippen molar-refractivity contribution in [2.45, 2.75) is 32.0 Å². The molecule has 26 heavy (non-hydrogen) atoms. The van der Waals surface area contributed by atoms with Gasteiger partial charge in [-0.15, -0.1) is 0 Å². The summed E-state index contributed by atoms with van der Waals surface area (Å²) in [4.78, 5) is 14.8. The molecule has 2 N–H and O–H groups in total. The van der Waals surface area contributed by atoms with Crippen LogP contribution in [0.15, 0.2) is 24.4 Å². The first-order valence-electron chi connectivity index (χ1n) is 8.43. The van der Waals surface area contributed by atoms with Gasteiger partial charge < -0.3 is 15.5 Å². The van der Waals surface area contributed by atoms with Crippen LogP contribution in [0.2, 0.25) is 0 Å². The third kappa shape index (κ3) is 4.33. The van der Waals surface area contributed by atoms with Gasteiger partial charge in [0.25, 0.3) is 0 Å². The molecule has 0 radical (unpaired) electrons. The Morgan fingerprint density at radius 3 is 2.69 bits per heavy atom. The summed E-state index contributed by atoms with van der Waals surface area (Å²) < 4.78 is 38.0. The molecule has 9 heteroatoms. The Labute approximate surface area is 149 Å². The molecule has 1 aliphatic rings. The highest BCUT2D eigenvalue weighted by atomic mass is 19.4. The second-order valence-corrected chi connectivity index (χ2v) is 6.30. The van der Waals surface area contributed by atoms with Gasteiger partial charge in [-0.1, -0.05) is 0 Å². The maximum absolute atomic E-state index is 12.7. The molecule has 0 unspecified atom stereocenters. The molecule has 1 atom stereocenters. The molecule has 2 aromatic heterocycles. The summed E-state index contributed by atoms with van der Waals surface area (Å²) in [6, 6.07) is 4.44. The van der Waals surface area contributed by atoms with Gasteiger partial charge in [0.1, 0.15) is 11.6 Å². The Hall–Kier alpha value is -2.58. The SMILES string of the molecule is CNc1cc(C)nc(N[C@@H]2CCCN(c3ccc(C(F)(F)F)cn3)C2)n1. The van der Waals surface area contributed by atoms with E-state index >= 15 is 0 Å². The Kier molecular flexibility index (Phi) is 5.15. The van der Waals surface area contributed by atoms with Crippen molar-refractivity contribution < 1.29 is 13.2 Å². The summed E-state index contributed by atoms with van der Waals surface area (Å²) in [5.41, 5.74) is 0.115. The average Bonchev–Trinajstić information content (AvgIpc) is 2.61. The molecule has 0 aromatic carbocycles. The van der Waals surface area contributed by atoms with E-state index in [-0.39, 0.29) is 6.04 Å². The molecular formula is C17H21F3N6. The van der Waals surface area contributed by atoms with Crippen LogP contribution in [-0.2, 0) is 6.18 Å². The fourth-order valence-electron chi connectivity index (χ4n) is 2.99. The lowest BCUT2D eigenvalue weighted by atomic mass is 10.1. The summed E-state index contributed by atoms with van der Waals surface area (Å²) in [7, 11) is 1.80. The van der Waals surface area contributed by atoms with Gasteiger partial charge in [-0.2, -0.15) is 18.2 Å². The summed E-state index contributed by atoms with van der Waals surface area (Å²) in [5.74, 6) is 1.82. The molecule has 0 amide bonds. The quantitative estimate of drug-likeness (QED) is 0.865. The zero-order valence-corrected chi connectivity index (χ0v) is 14.6. The predicted molar refractivity (Wildman–Crippen MR) is 94.4 cm³/mol. The van der Waals surface area contributed by atoms with Gasteiger partial charge in [0.15, 0.2) is 0 Å². The lowest BCUT2D eigenvalue weighted by Crippen LogP contribution is -2.42. The van der Waals surface area contributed by atoms with E-state index in [9.17, 15) is 13.2 Å². The molecule has 140 valence electrons. The second kappa shape index (κ2) is 7.35. The Balaban J connectivity index is 1.68. The molecule has 6 nitrogen and oxygen atoms in total. The van der Waals surface area contributed by atoms with E-state index in [1.807, 2.05) is 17.9 Å². The van der Waals surface area contributed by atoms with Gasteiger partial charge in [-0.3, -0.25) is 0 Å². The second-order valence-electron chi connectivity index (χ2n) is 6.30. The lowest BCUT2D eigenvalue weighted by Gasteiger charge is -2.34. The highest BCUT2D eigenvalue weighted by molar-refractivity contribution is 5.44. The van der Waals surface area contributed by atoms with Gasteiger partial charge in [-0.25, -0.2) is 9.97 Å². The predicted octanol–water partition coefficient (Wildman–Crippen LogP) is 3.32. The van der Waals surface area contributed by atoms with Crippen molar-refractivity contribution in [1.29, 1.82) is 0 Å². The van der Waals surface area contributed by atoms with Crippen molar-refractivity contribution >= 4 is 17.6 Å². The number of alkyl halides is 3. The zero-order valence-electron chi connectivity index (χ0n) is 14.6. The van der Waals surface area contributed by atoms with Crippen LogP contribution in [0, 0.1) is 6.92 Å². The van der Waals surface area contributed by atoms with Gasteiger partial charge >= 0.3 is 6.18 Å². The van der Waals surface area contributed by atoms with Crippen molar-refractivity contribution in [3.63, 3.8) is 0 Å². The minimum atomic E-state index is -4.37. The van der Waals surface area contributed by atoms with Crippen LogP contribution < -0.4 is 15.5 Å². The third-order valence-corrected chi connectivity index (χ3v) is 4.26. The van der Waals surface area contributed by atoms with Crippen LogP contribution in [0.25, 0.3) is 0 Å². The number of rotatable bonds is 4. The van der Waals surface area contributed by atoms with Crippen molar-refractivity contribution in [2.24, 2.45) is 0 Å². The van der Waals surface area contributed by atoms with E-state index in [4.69, 9.17) is 0 Å². The highest BCUT2D eigenvalue weighted by Crippen LogP contribution is 2.30. The van der Waals surface area contributed by atoms with E-state index < -0.39 is 11.7 Å². The number of halogens is 3. The fraction of sp³-hybridized carbons (Fsp3) is 0.471. The number of aromatic nitrogens is 3. The average molecular weight is 366 g/mol. The molecule has 0 bridgehead atoms. The number of aryl methyl sites for hydroxylation is 1. The Morgan fingerprint density at radius 2 is 2.04 bits per heavy atom. The summed E-state index contributed by atoms with van der Waals surface area (Å²) in [6.45, 7) is 3.28. The molecule has 0 aliphatic carbocycles. The first-order valence-corrected chi connectivity index (χ1v) is 8.43. The van der Waals surface area contributed by atoms with Crippen molar-refractivity contribution in [3.05, 3.63) is 35.7 Å². The van der Waals surface area contributed by atoms with Gasteiger partial charge in [0, 0.05) is 44.1 Å². The number of hydrogen-bond donors (Lipinski definition) is 2. The van der Waals surface area contributed by atoms with Crippen LogP contribution >= 0.6 is 0 Å². The highest BCUT2D eigenvalue weighted by Gasteiger charge is 2.31. The van der Waals surface area contributed by atoms with Crippen LogP contribution in [0.5, 0.6) is 0 Å². The van der Waals surface area contributed by atoms with Crippen LogP contribution in [0.1, 0.15) is 24.1 Å². The number of hydrogen-bond acceptors (Lipinski definition) is 6. The van der Waals surface area contributed by atoms with E-state index in [0.29, 0.717) is 18.3 Å². The number of piperidine rings is 1. The summed E-state index contributed by atoms with van der Waals surface area (Å²) in [6.07, 6.45) is -1.64. The summed E-state index contributed by atoms with van der Waals surface area (Å²) >= 11 is 0. The monoisotopic (exact) mass is 366 g/mol. The molecular weight excluding hydrogens is 345 g/mol. The van der Waals surface area contributed by atoms with Crippen LogP contribution in [0.4, 0.5) is 30.8 Å². The fourth-order valence-corrected chi connectivity index (χ4v) is 2.99. The normalized spacial score (nSPS) is 17.9. The molecule has 1 fully saturated rings. The Bertz CT molecular complexity index is 747. The van der Waals surface area contributed by atoms with Gasteiger partial charge in [0.05, 0.1) is 5.56 Å². The molecule has 2 aromatic rings. The largest absolute Gasteiger partial charge is 0.417 e. The molecule has 0 spiro atoms. The molecule has 0 saturated carbocycles. The first kappa shape index (κ1) is 18.2. The maximum atomic E-state index is 12.7. The van der Waals surface area contributed by atoms with E-state index in [1.165, 1.54) is 6.07 Å². The number of pyridine rings is 1. The van der Waals surface area contributed by atoms with E-state index in [2.05, 4.69) is 25.6 Å². The molecule has 3 rings (SSSR count). The Morgan fingerprint density at radius 1 is 1.23 bits per heavy atom. The standard InChI is InChI=1S/C17H21F3N6/c1-11-8-14(21-2)25-16(23-11)24-13-4-3-7-26(10-13)15-6-5-12(9-22-15)17(18,19)20/h5-6,8-9,13H,3-4,7,10H2,1-2H3,(H2,21,23,24,25)/t13-/m1/s1. The van der Waals surface area contributed by atoms with E-state index in [1.54, 1.807) is 7.05 Å². The number of nitrogens with zero attached hydrogens (tertiary/aromatic N) is 4. The topological polar surface area (TPSA) is 66.0 Å². The first-order chi connectivity index (χ1) is 12.3. The zero-order chi connectivity index (χ0) is 18.7. The molecule has 3 heterocycles. The lowest BCUT2D eigenvalue weighted by molar-refractivity contribution is -0.137. The minimum absolute atomic E-state index is 0.0966. The number of nitrogens with one attached hydrogen (secondary N) is 2. The minimum Gasteiger partial charge on any atom is -0.373 e.